The van der Waals surface area contributed by atoms with E-state index >= 15 is 0 Å². The van der Waals surface area contributed by atoms with Gasteiger partial charge in [-0.3, -0.25) is 0 Å². The lowest BCUT2D eigenvalue weighted by Gasteiger charge is -2.27. The second-order valence-electron chi connectivity index (χ2n) is 5.33. The fourth-order valence-corrected chi connectivity index (χ4v) is 1.93. The van der Waals surface area contributed by atoms with Crippen LogP contribution in [-0.2, 0) is 0 Å². The van der Waals surface area contributed by atoms with Crippen molar-refractivity contribution >= 4 is 11.6 Å². The van der Waals surface area contributed by atoms with Crippen molar-refractivity contribution in [2.24, 2.45) is 0 Å². The van der Waals surface area contributed by atoms with Gasteiger partial charge in [-0.05, 0) is 26.7 Å². The van der Waals surface area contributed by atoms with E-state index in [-0.39, 0.29) is 17.2 Å². The first kappa shape index (κ1) is 15.7. The zero-order valence-corrected chi connectivity index (χ0v) is 12.1. The number of hydrogen-bond donors (Lipinski definition) is 2. The highest BCUT2D eigenvalue weighted by Gasteiger charge is 2.20. The Balaban J connectivity index is 2.94. The molecule has 0 saturated heterocycles. The standard InChI is InChI=1S/C14H23F2N3/c1-5-7-14(3,4)19-13-11(16)9-10(15)12(18-13)17-8-6-2/h9H,5-8H2,1-4H3,(H2,17,18,19). The number of halogens is 2. The van der Waals surface area contributed by atoms with Gasteiger partial charge in [-0.25, -0.2) is 13.8 Å². The van der Waals surface area contributed by atoms with Crippen molar-refractivity contribution in [3.63, 3.8) is 0 Å². The van der Waals surface area contributed by atoms with Gasteiger partial charge in [-0.15, -0.1) is 0 Å². The molecule has 0 bridgehead atoms. The van der Waals surface area contributed by atoms with Crippen molar-refractivity contribution in [3.05, 3.63) is 17.7 Å². The molecular weight excluding hydrogens is 248 g/mol. The molecule has 1 rings (SSSR count). The third-order valence-corrected chi connectivity index (χ3v) is 2.80. The van der Waals surface area contributed by atoms with Crippen LogP contribution >= 0.6 is 0 Å². The number of nitrogens with one attached hydrogen (secondary N) is 2. The van der Waals surface area contributed by atoms with Crippen LogP contribution in [0.3, 0.4) is 0 Å². The first-order valence-corrected chi connectivity index (χ1v) is 6.77. The van der Waals surface area contributed by atoms with Gasteiger partial charge < -0.3 is 10.6 Å². The van der Waals surface area contributed by atoms with Crippen LogP contribution in [0.25, 0.3) is 0 Å². The molecule has 0 aliphatic rings. The fraction of sp³-hybridized carbons (Fsp3) is 0.643. The van der Waals surface area contributed by atoms with E-state index in [2.05, 4.69) is 22.5 Å². The molecule has 108 valence electrons. The largest absolute Gasteiger partial charge is 0.368 e. The second-order valence-corrected chi connectivity index (χ2v) is 5.33. The highest BCUT2D eigenvalue weighted by Crippen LogP contribution is 2.24. The molecular formula is C14H23F2N3. The highest BCUT2D eigenvalue weighted by molar-refractivity contribution is 5.48. The lowest BCUT2D eigenvalue weighted by molar-refractivity contribution is 0.499. The number of aromatic nitrogens is 1. The lowest BCUT2D eigenvalue weighted by atomic mass is 9.99. The van der Waals surface area contributed by atoms with E-state index in [0.29, 0.717) is 6.54 Å². The van der Waals surface area contributed by atoms with E-state index in [1.54, 1.807) is 0 Å². The maximum absolute atomic E-state index is 13.7. The predicted molar refractivity (Wildman–Crippen MR) is 75.5 cm³/mol. The molecule has 0 aromatic carbocycles. The smallest absolute Gasteiger partial charge is 0.168 e. The summed E-state index contributed by atoms with van der Waals surface area (Å²) in [5, 5.41) is 5.89. The zero-order valence-electron chi connectivity index (χ0n) is 12.1. The Kier molecular flexibility index (Phi) is 5.51. The number of rotatable bonds is 7. The first-order valence-electron chi connectivity index (χ1n) is 6.77. The topological polar surface area (TPSA) is 37.0 Å². The maximum Gasteiger partial charge on any atom is 0.168 e. The summed E-state index contributed by atoms with van der Waals surface area (Å²) in [6.45, 7) is 8.58. The molecule has 0 saturated carbocycles. The molecule has 5 heteroatoms. The van der Waals surface area contributed by atoms with Crippen molar-refractivity contribution in [1.82, 2.24) is 4.98 Å². The van der Waals surface area contributed by atoms with Crippen LogP contribution in [0, 0.1) is 11.6 Å². The van der Waals surface area contributed by atoms with Gasteiger partial charge >= 0.3 is 0 Å². The van der Waals surface area contributed by atoms with E-state index in [4.69, 9.17) is 0 Å². The summed E-state index contributed by atoms with van der Waals surface area (Å²) in [4.78, 5) is 4.00. The SMILES string of the molecule is CCCNc1nc(NC(C)(C)CCC)c(F)cc1F. The third-order valence-electron chi connectivity index (χ3n) is 2.80. The lowest BCUT2D eigenvalue weighted by Crippen LogP contribution is -2.31. The maximum atomic E-state index is 13.7. The van der Waals surface area contributed by atoms with Crippen LogP contribution in [0.4, 0.5) is 20.4 Å². The highest BCUT2D eigenvalue weighted by atomic mass is 19.1. The summed E-state index contributed by atoms with van der Waals surface area (Å²) in [5.74, 6) is -1.13. The molecule has 0 fully saturated rings. The van der Waals surface area contributed by atoms with Gasteiger partial charge in [0.25, 0.3) is 0 Å². The van der Waals surface area contributed by atoms with Crippen LogP contribution in [0.2, 0.25) is 0 Å². The minimum atomic E-state index is -0.663. The Morgan fingerprint density at radius 1 is 1.11 bits per heavy atom. The summed E-state index contributed by atoms with van der Waals surface area (Å²) in [6, 6.07) is 0.870. The molecule has 0 aliphatic heterocycles. The molecule has 0 amide bonds. The Morgan fingerprint density at radius 3 is 2.32 bits per heavy atom. The van der Waals surface area contributed by atoms with E-state index in [1.807, 2.05) is 20.8 Å². The van der Waals surface area contributed by atoms with Crippen LogP contribution in [-0.4, -0.2) is 17.1 Å². The van der Waals surface area contributed by atoms with Gasteiger partial charge in [0, 0.05) is 18.2 Å². The van der Waals surface area contributed by atoms with Gasteiger partial charge in [-0.1, -0.05) is 20.3 Å². The Morgan fingerprint density at radius 2 is 1.74 bits per heavy atom. The second kappa shape index (κ2) is 6.68. The number of nitrogens with zero attached hydrogens (tertiary/aromatic N) is 1. The molecule has 0 spiro atoms. The monoisotopic (exact) mass is 271 g/mol. The third kappa shape index (κ3) is 4.65. The quantitative estimate of drug-likeness (QED) is 0.781. The van der Waals surface area contributed by atoms with Crippen molar-refractivity contribution in [3.8, 4) is 0 Å². The van der Waals surface area contributed by atoms with Crippen LogP contribution < -0.4 is 10.6 Å². The van der Waals surface area contributed by atoms with E-state index in [1.165, 1.54) is 0 Å². The molecule has 3 nitrogen and oxygen atoms in total. The van der Waals surface area contributed by atoms with Crippen molar-refractivity contribution in [2.45, 2.75) is 52.5 Å². The summed E-state index contributed by atoms with van der Waals surface area (Å²) in [7, 11) is 0. The number of pyridine rings is 1. The summed E-state index contributed by atoms with van der Waals surface area (Å²) < 4.78 is 27.3. The van der Waals surface area contributed by atoms with Gasteiger partial charge in [0.05, 0.1) is 0 Å². The summed E-state index contributed by atoms with van der Waals surface area (Å²) in [6.07, 6.45) is 2.70. The van der Waals surface area contributed by atoms with Crippen molar-refractivity contribution in [2.75, 3.05) is 17.2 Å². The van der Waals surface area contributed by atoms with E-state index in [0.717, 1.165) is 25.3 Å². The van der Waals surface area contributed by atoms with Gasteiger partial charge in [0.1, 0.15) is 0 Å². The molecule has 19 heavy (non-hydrogen) atoms. The van der Waals surface area contributed by atoms with Crippen molar-refractivity contribution < 1.29 is 8.78 Å². The first-order chi connectivity index (χ1) is 8.89. The molecule has 2 N–H and O–H groups in total. The Labute approximate surface area is 113 Å². The van der Waals surface area contributed by atoms with Crippen LogP contribution in [0.5, 0.6) is 0 Å². The number of hydrogen-bond acceptors (Lipinski definition) is 3. The molecule has 0 radical (unpaired) electrons. The predicted octanol–water partition coefficient (Wildman–Crippen LogP) is 4.17. The molecule has 0 atom stereocenters. The number of anilines is 2. The van der Waals surface area contributed by atoms with Crippen LogP contribution in [0.1, 0.15) is 47.0 Å². The van der Waals surface area contributed by atoms with E-state index < -0.39 is 11.6 Å². The Hall–Kier alpha value is -1.39. The Bertz CT molecular complexity index is 419. The van der Waals surface area contributed by atoms with Crippen molar-refractivity contribution in [1.29, 1.82) is 0 Å². The molecule has 1 aromatic heterocycles. The zero-order chi connectivity index (χ0) is 14.5. The fourth-order valence-electron chi connectivity index (χ4n) is 1.93. The van der Waals surface area contributed by atoms with E-state index in [9.17, 15) is 8.78 Å². The summed E-state index contributed by atoms with van der Waals surface area (Å²) in [5.41, 5.74) is -0.275. The molecule has 1 heterocycles. The van der Waals surface area contributed by atoms with Crippen LogP contribution in [0.15, 0.2) is 6.07 Å². The minimum Gasteiger partial charge on any atom is -0.368 e. The minimum absolute atomic E-state index is 0.0954. The average molecular weight is 271 g/mol. The average Bonchev–Trinajstić information content (AvgIpc) is 2.31. The normalized spacial score (nSPS) is 11.5. The molecule has 1 aromatic rings. The summed E-state index contributed by atoms with van der Waals surface area (Å²) >= 11 is 0. The van der Waals surface area contributed by atoms with Gasteiger partial charge in [-0.2, -0.15) is 0 Å². The van der Waals surface area contributed by atoms with Gasteiger partial charge in [0.2, 0.25) is 0 Å². The molecule has 0 aliphatic carbocycles. The van der Waals surface area contributed by atoms with Gasteiger partial charge in [0.15, 0.2) is 23.3 Å². The molecule has 0 unspecified atom stereocenters.